The van der Waals surface area contributed by atoms with E-state index in [1.807, 2.05) is 11.8 Å². The van der Waals surface area contributed by atoms with E-state index in [0.29, 0.717) is 0 Å². The normalized spacial score (nSPS) is 31.1. The molecule has 0 bridgehead atoms. The van der Waals surface area contributed by atoms with E-state index in [1.165, 1.54) is 6.42 Å². The maximum atomic E-state index is 12.3. The van der Waals surface area contributed by atoms with Gasteiger partial charge in [0.25, 0.3) is 0 Å². The Kier molecular flexibility index (Phi) is 5.01. The Morgan fingerprint density at radius 3 is 2.50 bits per heavy atom. The molecule has 2 fully saturated rings. The summed E-state index contributed by atoms with van der Waals surface area (Å²) >= 11 is 0. The van der Waals surface area contributed by atoms with Crippen molar-refractivity contribution in [1.82, 2.24) is 10.2 Å². The molecule has 18 heavy (non-hydrogen) atoms. The highest BCUT2D eigenvalue weighted by atomic mass is 16.3. The molecule has 4 nitrogen and oxygen atoms in total. The number of aliphatic hydroxyl groups excluding tert-OH is 1. The van der Waals surface area contributed by atoms with E-state index < -0.39 is 0 Å². The second kappa shape index (κ2) is 6.53. The highest BCUT2D eigenvalue weighted by Crippen LogP contribution is 2.19. The number of aliphatic hydroxyl groups is 1. The summed E-state index contributed by atoms with van der Waals surface area (Å²) < 4.78 is 0. The molecule has 0 aromatic rings. The fourth-order valence-corrected chi connectivity index (χ4v) is 3.09. The molecule has 1 saturated carbocycles. The first-order valence-electron chi connectivity index (χ1n) is 7.41. The molecule has 2 rings (SSSR count). The van der Waals surface area contributed by atoms with Gasteiger partial charge < -0.3 is 15.3 Å². The molecule has 1 heterocycles. The van der Waals surface area contributed by atoms with Gasteiger partial charge in [0.05, 0.1) is 12.1 Å². The predicted octanol–water partition coefficient (Wildman–Crippen LogP) is 1.28. The van der Waals surface area contributed by atoms with Gasteiger partial charge in [-0.05, 0) is 39.0 Å². The third-order valence-corrected chi connectivity index (χ3v) is 4.23. The lowest BCUT2D eigenvalue weighted by Crippen LogP contribution is -2.53. The monoisotopic (exact) mass is 254 g/mol. The number of rotatable bonds is 3. The lowest BCUT2D eigenvalue weighted by Gasteiger charge is -2.34. The second-order valence-electron chi connectivity index (χ2n) is 5.73. The minimum atomic E-state index is -0.282. The van der Waals surface area contributed by atoms with Gasteiger partial charge in [-0.3, -0.25) is 4.79 Å². The highest BCUT2D eigenvalue weighted by molar-refractivity contribution is 5.81. The summed E-state index contributed by atoms with van der Waals surface area (Å²) in [6, 6.07) is -0.0664. The van der Waals surface area contributed by atoms with Gasteiger partial charge >= 0.3 is 0 Å². The summed E-state index contributed by atoms with van der Waals surface area (Å²) in [7, 11) is 0. The van der Waals surface area contributed by atoms with Crippen molar-refractivity contribution in [3.05, 3.63) is 0 Å². The molecule has 2 N–H and O–H groups in total. The van der Waals surface area contributed by atoms with Crippen LogP contribution in [0.4, 0.5) is 0 Å². The van der Waals surface area contributed by atoms with Gasteiger partial charge in [-0.15, -0.1) is 0 Å². The van der Waals surface area contributed by atoms with Crippen molar-refractivity contribution in [3.8, 4) is 0 Å². The van der Waals surface area contributed by atoms with E-state index in [1.54, 1.807) is 0 Å². The Bertz CT molecular complexity index is 277. The molecule has 1 aliphatic carbocycles. The van der Waals surface area contributed by atoms with Gasteiger partial charge in [-0.1, -0.05) is 12.8 Å². The number of amides is 1. The Balaban J connectivity index is 1.82. The number of nitrogens with zero attached hydrogens (tertiary/aromatic N) is 1. The summed E-state index contributed by atoms with van der Waals surface area (Å²) in [4.78, 5) is 14.2. The van der Waals surface area contributed by atoms with Crippen molar-refractivity contribution in [1.29, 1.82) is 0 Å². The fourth-order valence-electron chi connectivity index (χ4n) is 3.09. The van der Waals surface area contributed by atoms with Crippen LogP contribution in [0.3, 0.4) is 0 Å². The number of likely N-dealkylation sites (tertiary alicyclic amines) is 1. The molecule has 0 aromatic heterocycles. The summed E-state index contributed by atoms with van der Waals surface area (Å²) in [5.41, 5.74) is 0. The average Bonchev–Trinajstić information content (AvgIpc) is 2.41. The number of piperidine rings is 1. The smallest absolute Gasteiger partial charge is 0.239 e. The SMILES string of the molecule is CC(N[C@H]1CCCC[C@@H]1O)C(=O)N1CCCCC1. The Morgan fingerprint density at radius 1 is 1.17 bits per heavy atom. The van der Waals surface area contributed by atoms with Crippen LogP contribution >= 0.6 is 0 Å². The molecule has 1 aliphatic heterocycles. The van der Waals surface area contributed by atoms with Gasteiger partial charge in [0, 0.05) is 19.1 Å². The van der Waals surface area contributed by atoms with E-state index in [2.05, 4.69) is 5.32 Å². The van der Waals surface area contributed by atoms with Crippen molar-refractivity contribution in [2.45, 2.75) is 70.1 Å². The number of nitrogens with one attached hydrogen (secondary N) is 1. The molecule has 0 radical (unpaired) electrons. The minimum absolute atomic E-state index is 0.0995. The summed E-state index contributed by atoms with van der Waals surface area (Å²) in [5.74, 6) is 0.201. The van der Waals surface area contributed by atoms with Gasteiger partial charge in [-0.2, -0.15) is 0 Å². The molecule has 3 atom stereocenters. The van der Waals surface area contributed by atoms with E-state index >= 15 is 0 Å². The first-order chi connectivity index (χ1) is 8.68. The van der Waals surface area contributed by atoms with E-state index in [0.717, 1.165) is 51.6 Å². The van der Waals surface area contributed by atoms with Gasteiger partial charge in [0.1, 0.15) is 0 Å². The predicted molar refractivity (Wildman–Crippen MR) is 71.3 cm³/mol. The van der Waals surface area contributed by atoms with Crippen molar-refractivity contribution in [2.75, 3.05) is 13.1 Å². The van der Waals surface area contributed by atoms with Crippen molar-refractivity contribution in [2.24, 2.45) is 0 Å². The number of hydrogen-bond acceptors (Lipinski definition) is 3. The third-order valence-electron chi connectivity index (χ3n) is 4.23. The third kappa shape index (κ3) is 3.45. The molecule has 1 amide bonds. The largest absolute Gasteiger partial charge is 0.392 e. The zero-order valence-corrected chi connectivity index (χ0v) is 11.4. The Labute approximate surface area is 110 Å². The molecule has 0 spiro atoms. The van der Waals surface area contributed by atoms with Crippen LogP contribution in [0.1, 0.15) is 51.9 Å². The summed E-state index contributed by atoms with van der Waals surface area (Å²) in [6.45, 7) is 3.73. The van der Waals surface area contributed by atoms with Crippen LogP contribution in [0.15, 0.2) is 0 Å². The number of carbonyl (C=O) groups excluding carboxylic acids is 1. The zero-order chi connectivity index (χ0) is 13.0. The van der Waals surface area contributed by atoms with Crippen molar-refractivity contribution >= 4 is 5.91 Å². The highest BCUT2D eigenvalue weighted by Gasteiger charge is 2.28. The molecular formula is C14H26N2O2. The first kappa shape index (κ1) is 13.8. The van der Waals surface area contributed by atoms with Crippen LogP contribution in [0.25, 0.3) is 0 Å². The quantitative estimate of drug-likeness (QED) is 0.798. The van der Waals surface area contributed by atoms with Crippen molar-refractivity contribution < 1.29 is 9.90 Å². The molecule has 104 valence electrons. The molecule has 1 unspecified atom stereocenters. The van der Waals surface area contributed by atoms with Gasteiger partial charge in [-0.25, -0.2) is 0 Å². The lowest BCUT2D eigenvalue weighted by molar-refractivity contribution is -0.134. The van der Waals surface area contributed by atoms with E-state index in [4.69, 9.17) is 0 Å². The van der Waals surface area contributed by atoms with Crippen LogP contribution in [-0.2, 0) is 4.79 Å². The first-order valence-corrected chi connectivity index (χ1v) is 7.41. The molecular weight excluding hydrogens is 228 g/mol. The van der Waals surface area contributed by atoms with Crippen LogP contribution < -0.4 is 5.32 Å². The van der Waals surface area contributed by atoms with Crippen LogP contribution in [0.5, 0.6) is 0 Å². The van der Waals surface area contributed by atoms with Crippen LogP contribution in [0, 0.1) is 0 Å². The molecule has 0 aromatic carbocycles. The van der Waals surface area contributed by atoms with E-state index in [-0.39, 0.29) is 24.1 Å². The minimum Gasteiger partial charge on any atom is -0.392 e. The average molecular weight is 254 g/mol. The number of carbonyl (C=O) groups is 1. The van der Waals surface area contributed by atoms with Gasteiger partial charge in [0.15, 0.2) is 0 Å². The van der Waals surface area contributed by atoms with E-state index in [9.17, 15) is 9.90 Å². The molecule has 2 aliphatic rings. The topological polar surface area (TPSA) is 52.6 Å². The zero-order valence-electron chi connectivity index (χ0n) is 11.4. The Hall–Kier alpha value is -0.610. The maximum Gasteiger partial charge on any atom is 0.239 e. The second-order valence-corrected chi connectivity index (χ2v) is 5.73. The Morgan fingerprint density at radius 2 is 1.83 bits per heavy atom. The van der Waals surface area contributed by atoms with Gasteiger partial charge in [0.2, 0.25) is 5.91 Å². The van der Waals surface area contributed by atoms with Crippen molar-refractivity contribution in [3.63, 3.8) is 0 Å². The summed E-state index contributed by atoms with van der Waals surface area (Å²) in [6.07, 6.45) is 7.33. The standard InChI is InChI=1S/C14H26N2O2/c1-11(14(18)16-9-5-2-6-10-16)15-12-7-3-4-8-13(12)17/h11-13,15,17H,2-10H2,1H3/t11?,12-,13-/m0/s1. The molecule has 1 saturated heterocycles. The summed E-state index contributed by atoms with van der Waals surface area (Å²) in [5, 5.41) is 13.2. The molecule has 4 heteroatoms. The maximum absolute atomic E-state index is 12.3. The van der Waals surface area contributed by atoms with Crippen LogP contribution in [-0.4, -0.2) is 47.2 Å². The van der Waals surface area contributed by atoms with Crippen LogP contribution in [0.2, 0.25) is 0 Å². The fraction of sp³-hybridized carbons (Fsp3) is 0.929. The lowest BCUT2D eigenvalue weighted by atomic mass is 9.92. The number of hydrogen-bond donors (Lipinski definition) is 2.